The summed E-state index contributed by atoms with van der Waals surface area (Å²) < 4.78 is 11.2. The van der Waals surface area contributed by atoms with Crippen molar-refractivity contribution in [2.24, 2.45) is 5.41 Å². The fourth-order valence-corrected chi connectivity index (χ4v) is 2.44. The molecule has 0 spiro atoms. The summed E-state index contributed by atoms with van der Waals surface area (Å²) in [6.07, 6.45) is 3.37. The van der Waals surface area contributed by atoms with Crippen LogP contribution in [0.4, 0.5) is 0 Å². The van der Waals surface area contributed by atoms with Crippen LogP contribution in [0.15, 0.2) is 4.52 Å². The number of ether oxygens (including phenoxy) is 1. The first kappa shape index (κ1) is 14.5. The third-order valence-corrected chi connectivity index (χ3v) is 3.42. The van der Waals surface area contributed by atoms with E-state index in [1.165, 1.54) is 12.8 Å². The first-order valence-corrected chi connectivity index (χ1v) is 7.21. The standard InChI is InChI=1S/C14H25N3O2/c1-5-18-11(14(2,3)4)12-16-13(19-17-12)10-8-6-7-9-15-10/h10-11,15H,5-9H2,1-4H3/t10-,11?/m0/s1. The molecule has 0 saturated carbocycles. The van der Waals surface area contributed by atoms with Crippen LogP contribution in [-0.4, -0.2) is 23.3 Å². The van der Waals surface area contributed by atoms with Gasteiger partial charge in [0.05, 0.1) is 6.04 Å². The van der Waals surface area contributed by atoms with Crippen molar-refractivity contribution in [3.8, 4) is 0 Å². The molecule has 1 unspecified atom stereocenters. The minimum absolute atomic E-state index is 0.0445. The Labute approximate surface area is 115 Å². The van der Waals surface area contributed by atoms with Crippen LogP contribution in [0.2, 0.25) is 0 Å². The van der Waals surface area contributed by atoms with Crippen LogP contribution in [0.1, 0.15) is 70.8 Å². The Bertz CT molecular complexity index is 392. The summed E-state index contributed by atoms with van der Waals surface area (Å²) in [4.78, 5) is 4.55. The molecule has 0 aromatic carbocycles. The van der Waals surface area contributed by atoms with E-state index in [1.54, 1.807) is 0 Å². The van der Waals surface area contributed by atoms with Gasteiger partial charge in [0, 0.05) is 6.61 Å². The van der Waals surface area contributed by atoms with Crippen molar-refractivity contribution < 1.29 is 9.26 Å². The Morgan fingerprint density at radius 3 is 2.79 bits per heavy atom. The fourth-order valence-electron chi connectivity index (χ4n) is 2.44. The van der Waals surface area contributed by atoms with Crippen LogP contribution in [0.5, 0.6) is 0 Å². The Morgan fingerprint density at radius 2 is 2.21 bits per heavy atom. The molecule has 1 aliphatic rings. The van der Waals surface area contributed by atoms with Gasteiger partial charge < -0.3 is 14.6 Å². The molecule has 2 rings (SSSR count). The van der Waals surface area contributed by atoms with E-state index < -0.39 is 0 Å². The topological polar surface area (TPSA) is 60.2 Å². The molecule has 0 aliphatic carbocycles. The fraction of sp³-hybridized carbons (Fsp3) is 0.857. The minimum atomic E-state index is -0.126. The SMILES string of the molecule is CCOC(c1noc([C@@H]2CCCCN2)n1)C(C)(C)C. The molecule has 1 N–H and O–H groups in total. The summed E-state index contributed by atoms with van der Waals surface area (Å²) >= 11 is 0. The van der Waals surface area contributed by atoms with Gasteiger partial charge in [-0.1, -0.05) is 32.3 Å². The highest BCUT2D eigenvalue weighted by atomic mass is 16.5. The van der Waals surface area contributed by atoms with Gasteiger partial charge in [-0.2, -0.15) is 4.98 Å². The van der Waals surface area contributed by atoms with Gasteiger partial charge in [0.15, 0.2) is 0 Å². The second-order valence-electron chi connectivity index (χ2n) is 6.19. The first-order chi connectivity index (χ1) is 9.02. The highest BCUT2D eigenvalue weighted by molar-refractivity contribution is 5.00. The third kappa shape index (κ3) is 3.54. The zero-order valence-electron chi connectivity index (χ0n) is 12.4. The van der Waals surface area contributed by atoms with E-state index >= 15 is 0 Å². The largest absolute Gasteiger partial charge is 0.370 e. The smallest absolute Gasteiger partial charge is 0.243 e. The summed E-state index contributed by atoms with van der Waals surface area (Å²) in [6.45, 7) is 10.0. The van der Waals surface area contributed by atoms with E-state index in [2.05, 4.69) is 36.2 Å². The molecular formula is C14H25N3O2. The summed E-state index contributed by atoms with van der Waals surface area (Å²) in [5.41, 5.74) is -0.0445. The number of piperidine rings is 1. The second kappa shape index (κ2) is 6.01. The number of nitrogens with one attached hydrogen (secondary N) is 1. The molecule has 1 aromatic heterocycles. The number of hydrogen-bond donors (Lipinski definition) is 1. The molecule has 108 valence electrons. The molecule has 0 bridgehead atoms. The Hall–Kier alpha value is -0.940. The van der Waals surface area contributed by atoms with Gasteiger partial charge in [0.1, 0.15) is 6.10 Å². The Kier molecular flexibility index (Phi) is 4.58. The van der Waals surface area contributed by atoms with Crippen molar-refractivity contribution >= 4 is 0 Å². The van der Waals surface area contributed by atoms with E-state index in [9.17, 15) is 0 Å². The predicted octanol–water partition coefficient (Wildman–Crippen LogP) is 3.01. The van der Waals surface area contributed by atoms with Crippen molar-refractivity contribution in [3.05, 3.63) is 11.7 Å². The number of nitrogens with zero attached hydrogens (tertiary/aromatic N) is 2. The van der Waals surface area contributed by atoms with Gasteiger partial charge >= 0.3 is 0 Å². The Balaban J connectivity index is 2.13. The lowest BCUT2D eigenvalue weighted by atomic mass is 9.88. The highest BCUT2D eigenvalue weighted by Crippen LogP contribution is 2.35. The summed E-state index contributed by atoms with van der Waals surface area (Å²) in [5.74, 6) is 1.36. The van der Waals surface area contributed by atoms with E-state index in [4.69, 9.17) is 9.26 Å². The number of hydrogen-bond acceptors (Lipinski definition) is 5. The minimum Gasteiger partial charge on any atom is -0.370 e. The number of rotatable bonds is 4. The molecule has 5 nitrogen and oxygen atoms in total. The zero-order valence-corrected chi connectivity index (χ0v) is 12.4. The van der Waals surface area contributed by atoms with Crippen molar-refractivity contribution in [2.75, 3.05) is 13.2 Å². The molecule has 1 aromatic rings. The van der Waals surface area contributed by atoms with Crippen LogP contribution in [-0.2, 0) is 4.74 Å². The van der Waals surface area contributed by atoms with Gasteiger partial charge in [0.25, 0.3) is 0 Å². The number of aromatic nitrogens is 2. The van der Waals surface area contributed by atoms with Crippen LogP contribution in [0.25, 0.3) is 0 Å². The van der Waals surface area contributed by atoms with Gasteiger partial charge in [-0.3, -0.25) is 0 Å². The molecular weight excluding hydrogens is 242 g/mol. The molecule has 2 heterocycles. The Morgan fingerprint density at radius 1 is 1.42 bits per heavy atom. The lowest BCUT2D eigenvalue weighted by Crippen LogP contribution is -2.27. The van der Waals surface area contributed by atoms with E-state index in [0.717, 1.165) is 13.0 Å². The molecule has 1 fully saturated rings. The maximum absolute atomic E-state index is 5.79. The predicted molar refractivity (Wildman–Crippen MR) is 72.7 cm³/mol. The van der Waals surface area contributed by atoms with Gasteiger partial charge in [-0.15, -0.1) is 0 Å². The van der Waals surface area contributed by atoms with Crippen molar-refractivity contribution in [1.29, 1.82) is 0 Å². The van der Waals surface area contributed by atoms with E-state index in [0.29, 0.717) is 18.3 Å². The molecule has 1 aliphatic heterocycles. The second-order valence-corrected chi connectivity index (χ2v) is 6.19. The maximum Gasteiger partial charge on any atom is 0.243 e. The van der Waals surface area contributed by atoms with Gasteiger partial charge in [0.2, 0.25) is 11.7 Å². The van der Waals surface area contributed by atoms with Crippen LogP contribution < -0.4 is 5.32 Å². The molecule has 19 heavy (non-hydrogen) atoms. The highest BCUT2D eigenvalue weighted by Gasteiger charge is 2.32. The van der Waals surface area contributed by atoms with Crippen LogP contribution in [0.3, 0.4) is 0 Å². The monoisotopic (exact) mass is 267 g/mol. The van der Waals surface area contributed by atoms with Crippen molar-refractivity contribution in [1.82, 2.24) is 15.5 Å². The molecule has 0 amide bonds. The average Bonchev–Trinajstić information content (AvgIpc) is 2.84. The third-order valence-electron chi connectivity index (χ3n) is 3.42. The summed E-state index contributed by atoms with van der Waals surface area (Å²) in [6, 6.07) is 0.206. The molecule has 2 atom stereocenters. The van der Waals surface area contributed by atoms with Crippen LogP contribution >= 0.6 is 0 Å². The van der Waals surface area contributed by atoms with E-state index in [1.807, 2.05) is 6.92 Å². The maximum atomic E-state index is 5.79. The molecule has 0 radical (unpaired) electrons. The average molecular weight is 267 g/mol. The molecule has 1 saturated heterocycles. The van der Waals surface area contributed by atoms with Crippen LogP contribution in [0, 0.1) is 5.41 Å². The zero-order chi connectivity index (χ0) is 13.9. The summed E-state index contributed by atoms with van der Waals surface area (Å²) in [5, 5.41) is 7.55. The lowest BCUT2D eigenvalue weighted by Gasteiger charge is -2.27. The quantitative estimate of drug-likeness (QED) is 0.908. The first-order valence-electron chi connectivity index (χ1n) is 7.21. The summed E-state index contributed by atoms with van der Waals surface area (Å²) in [7, 11) is 0. The molecule has 5 heteroatoms. The van der Waals surface area contributed by atoms with E-state index in [-0.39, 0.29) is 17.6 Å². The van der Waals surface area contributed by atoms with Crippen molar-refractivity contribution in [3.63, 3.8) is 0 Å². The normalized spacial score (nSPS) is 22.4. The van der Waals surface area contributed by atoms with Gasteiger partial charge in [-0.05, 0) is 31.7 Å². The lowest BCUT2D eigenvalue weighted by molar-refractivity contribution is -0.0203. The van der Waals surface area contributed by atoms with Crippen molar-refractivity contribution in [2.45, 2.75) is 59.1 Å². The van der Waals surface area contributed by atoms with Gasteiger partial charge in [-0.25, -0.2) is 0 Å².